The van der Waals surface area contributed by atoms with Crippen LogP contribution in [0, 0.1) is 5.82 Å². The minimum absolute atomic E-state index is 0.0134. The Kier molecular flexibility index (Phi) is 5.51. The van der Waals surface area contributed by atoms with Crippen LogP contribution in [0.1, 0.15) is 40.6 Å². The van der Waals surface area contributed by atoms with E-state index in [1.807, 2.05) is 4.90 Å². The lowest BCUT2D eigenvalue weighted by atomic mass is 9.95. The summed E-state index contributed by atoms with van der Waals surface area (Å²) in [6, 6.07) is 13.8. The predicted molar refractivity (Wildman–Crippen MR) is 112 cm³/mol. The topological polar surface area (TPSA) is 61.4 Å². The number of rotatable bonds is 5. The third kappa shape index (κ3) is 4.11. The summed E-state index contributed by atoms with van der Waals surface area (Å²) >= 11 is 0. The number of imidazole rings is 1. The van der Waals surface area contributed by atoms with Gasteiger partial charge in [0.15, 0.2) is 0 Å². The first-order valence-electron chi connectivity index (χ1n) is 9.76. The summed E-state index contributed by atoms with van der Waals surface area (Å²) in [4.78, 5) is 26.4. The number of halogens is 1. The van der Waals surface area contributed by atoms with Gasteiger partial charge in [-0.1, -0.05) is 30.3 Å². The molecule has 0 aliphatic carbocycles. The maximum Gasteiger partial charge on any atom is 0.253 e. The number of benzene rings is 2. The zero-order chi connectivity index (χ0) is 20.2. The van der Waals surface area contributed by atoms with E-state index in [0.717, 1.165) is 29.9 Å². The van der Waals surface area contributed by atoms with Crippen molar-refractivity contribution in [2.45, 2.75) is 25.3 Å². The molecule has 3 aromatic rings. The first-order chi connectivity index (χ1) is 14.2. The van der Waals surface area contributed by atoms with E-state index in [9.17, 15) is 9.18 Å². The van der Waals surface area contributed by atoms with Crippen LogP contribution in [0.2, 0.25) is 0 Å². The lowest BCUT2D eigenvalue weighted by molar-refractivity contribution is 0.0711. The first kappa shape index (κ1) is 19.1. The van der Waals surface area contributed by atoms with Crippen molar-refractivity contribution in [1.82, 2.24) is 14.9 Å². The molecule has 0 bridgehead atoms. The van der Waals surface area contributed by atoms with Crippen molar-refractivity contribution in [3.05, 3.63) is 77.6 Å². The Bertz CT molecular complexity index is 1000. The van der Waals surface area contributed by atoms with Gasteiger partial charge in [-0.2, -0.15) is 0 Å². The second kappa shape index (κ2) is 8.39. The molecule has 0 unspecified atom stereocenters. The summed E-state index contributed by atoms with van der Waals surface area (Å²) in [5, 5.41) is 0. The van der Waals surface area contributed by atoms with Gasteiger partial charge in [0.25, 0.3) is 5.91 Å². The van der Waals surface area contributed by atoms with Crippen LogP contribution in [0.3, 0.4) is 0 Å². The lowest BCUT2D eigenvalue weighted by Gasteiger charge is -2.31. The van der Waals surface area contributed by atoms with Gasteiger partial charge in [0.1, 0.15) is 11.6 Å². The molecule has 0 radical (unpaired) electrons. The first-order valence-corrected chi connectivity index (χ1v) is 9.76. The molecule has 1 amide bonds. The third-order valence-corrected chi connectivity index (χ3v) is 5.42. The van der Waals surface area contributed by atoms with Crippen LogP contribution in [0.5, 0.6) is 0 Å². The van der Waals surface area contributed by atoms with E-state index >= 15 is 0 Å². The minimum Gasteiger partial charge on any atom is -0.344 e. The molecule has 0 spiro atoms. The van der Waals surface area contributed by atoms with Gasteiger partial charge < -0.3 is 9.88 Å². The fourth-order valence-corrected chi connectivity index (χ4v) is 3.81. The number of nitrogens with one attached hydrogen (secondary N) is 1. The van der Waals surface area contributed by atoms with E-state index in [0.29, 0.717) is 36.7 Å². The number of piperidine rings is 1. The Morgan fingerprint density at radius 1 is 1.17 bits per heavy atom. The van der Waals surface area contributed by atoms with E-state index in [-0.39, 0.29) is 11.7 Å². The molecule has 1 aliphatic rings. The number of aromatic nitrogens is 2. The normalized spacial score (nSPS) is 14.7. The molecule has 2 aromatic carbocycles. The zero-order valence-electron chi connectivity index (χ0n) is 16.1. The molecule has 1 saturated heterocycles. The summed E-state index contributed by atoms with van der Waals surface area (Å²) in [5.41, 5.74) is 2.89. The average molecular weight is 390 g/mol. The molecule has 4 rings (SSSR count). The Morgan fingerprint density at radius 2 is 1.90 bits per heavy atom. The minimum atomic E-state index is -0.265. The number of hydrogen-bond donors (Lipinski definition) is 1. The molecule has 1 aliphatic heterocycles. The molecular formula is C23H23FN4O. The van der Waals surface area contributed by atoms with Crippen molar-refractivity contribution in [2.75, 3.05) is 13.1 Å². The van der Waals surface area contributed by atoms with Crippen molar-refractivity contribution >= 4 is 12.6 Å². The van der Waals surface area contributed by atoms with Crippen LogP contribution in [-0.2, 0) is 6.54 Å². The van der Waals surface area contributed by atoms with Gasteiger partial charge in [-0.05, 0) is 43.3 Å². The van der Waals surface area contributed by atoms with Crippen molar-refractivity contribution in [3.8, 4) is 11.1 Å². The van der Waals surface area contributed by atoms with Gasteiger partial charge in [-0.15, -0.1) is 0 Å². The van der Waals surface area contributed by atoms with Crippen LogP contribution >= 0.6 is 0 Å². The Labute approximate surface area is 169 Å². The van der Waals surface area contributed by atoms with Crippen molar-refractivity contribution in [1.29, 1.82) is 0 Å². The quantitative estimate of drug-likeness (QED) is 0.655. The molecule has 6 heteroatoms. The van der Waals surface area contributed by atoms with Gasteiger partial charge >= 0.3 is 0 Å². The van der Waals surface area contributed by atoms with Crippen molar-refractivity contribution in [2.24, 2.45) is 4.99 Å². The second-order valence-corrected chi connectivity index (χ2v) is 7.30. The van der Waals surface area contributed by atoms with Gasteiger partial charge in [0, 0.05) is 30.1 Å². The molecule has 2 heterocycles. The van der Waals surface area contributed by atoms with Crippen LogP contribution in [-0.4, -0.2) is 40.6 Å². The van der Waals surface area contributed by atoms with E-state index in [2.05, 4.69) is 21.7 Å². The second-order valence-electron chi connectivity index (χ2n) is 7.30. The van der Waals surface area contributed by atoms with E-state index in [1.165, 1.54) is 6.07 Å². The Morgan fingerprint density at radius 3 is 2.59 bits per heavy atom. The van der Waals surface area contributed by atoms with Gasteiger partial charge in [-0.25, -0.2) is 9.37 Å². The van der Waals surface area contributed by atoms with Crippen LogP contribution in [0.4, 0.5) is 4.39 Å². The van der Waals surface area contributed by atoms with Crippen LogP contribution in [0.15, 0.2) is 59.7 Å². The Balaban J connectivity index is 1.39. The van der Waals surface area contributed by atoms with Crippen molar-refractivity contribution < 1.29 is 9.18 Å². The zero-order valence-corrected chi connectivity index (χ0v) is 16.1. The maximum absolute atomic E-state index is 14.0. The molecule has 0 atom stereocenters. The molecule has 1 fully saturated rings. The molecule has 29 heavy (non-hydrogen) atoms. The number of carbonyl (C=O) groups excluding carboxylic acids is 1. The van der Waals surface area contributed by atoms with E-state index < -0.39 is 0 Å². The summed E-state index contributed by atoms with van der Waals surface area (Å²) in [7, 11) is 0. The number of hydrogen-bond acceptors (Lipinski definition) is 3. The largest absolute Gasteiger partial charge is 0.344 e. The fraction of sp³-hybridized carbons (Fsp3) is 0.261. The third-order valence-electron chi connectivity index (χ3n) is 5.42. The molecule has 1 N–H and O–H groups in total. The highest BCUT2D eigenvalue weighted by molar-refractivity contribution is 5.94. The summed E-state index contributed by atoms with van der Waals surface area (Å²) in [6.45, 7) is 5.41. The van der Waals surface area contributed by atoms with Gasteiger partial charge in [-0.3, -0.25) is 9.79 Å². The number of H-pyrrole nitrogens is 1. The molecule has 148 valence electrons. The Hall–Kier alpha value is -3.28. The summed E-state index contributed by atoms with van der Waals surface area (Å²) in [6.07, 6.45) is 3.54. The molecule has 5 nitrogen and oxygen atoms in total. The number of amides is 1. The van der Waals surface area contributed by atoms with E-state index in [1.54, 1.807) is 48.7 Å². The van der Waals surface area contributed by atoms with Gasteiger partial charge in [0.05, 0.1) is 18.4 Å². The number of nitrogens with zero attached hydrogens (tertiary/aromatic N) is 3. The number of likely N-dealkylation sites (tertiary alicyclic amines) is 1. The highest BCUT2D eigenvalue weighted by atomic mass is 19.1. The van der Waals surface area contributed by atoms with E-state index in [4.69, 9.17) is 0 Å². The van der Waals surface area contributed by atoms with Crippen LogP contribution < -0.4 is 0 Å². The molecular weight excluding hydrogens is 367 g/mol. The van der Waals surface area contributed by atoms with Crippen molar-refractivity contribution in [3.63, 3.8) is 0 Å². The molecule has 0 saturated carbocycles. The smallest absolute Gasteiger partial charge is 0.253 e. The van der Waals surface area contributed by atoms with Gasteiger partial charge in [0.2, 0.25) is 0 Å². The maximum atomic E-state index is 14.0. The highest BCUT2D eigenvalue weighted by Crippen LogP contribution is 2.28. The fourth-order valence-electron chi connectivity index (χ4n) is 3.81. The highest BCUT2D eigenvalue weighted by Gasteiger charge is 2.26. The number of aromatic amines is 1. The average Bonchev–Trinajstić information content (AvgIpc) is 3.23. The molecule has 1 aromatic heterocycles. The summed E-state index contributed by atoms with van der Waals surface area (Å²) < 4.78 is 14.0. The van der Waals surface area contributed by atoms with Crippen LogP contribution in [0.25, 0.3) is 11.1 Å². The standard InChI is InChI=1S/C23H23FN4O/c1-25-14-19-15-26-22(27-19)17-10-12-28(13-11-17)23(29)18-8-6-16(7-9-18)20-4-2-3-5-21(20)24/h2-9,15,17H,1,10-14H2,(H,26,27). The lowest BCUT2D eigenvalue weighted by Crippen LogP contribution is -2.38. The predicted octanol–water partition coefficient (Wildman–Crippen LogP) is 4.44. The number of carbonyl (C=O) groups is 1. The monoisotopic (exact) mass is 390 g/mol. The summed E-state index contributed by atoms with van der Waals surface area (Å²) in [5.74, 6) is 1.03. The number of aliphatic imine (C=N–C) groups is 1. The SMILES string of the molecule is C=NCc1cnc(C2CCN(C(=O)c3ccc(-c4ccccc4F)cc3)CC2)[nH]1.